The van der Waals surface area contributed by atoms with E-state index < -0.39 is 72.0 Å². The molecule has 1 saturated heterocycles. The summed E-state index contributed by atoms with van der Waals surface area (Å²) in [5, 5.41) is 86.2. The summed E-state index contributed by atoms with van der Waals surface area (Å²) < 4.78 is 0. The molecule has 3 aromatic rings. The molecule has 1 aliphatic carbocycles. The fraction of sp³-hybridized carbons (Fsp3) is 0.515. The lowest BCUT2D eigenvalue weighted by Gasteiger charge is -2.39. The number of nitrogens with zero attached hydrogens (tertiary/aromatic N) is 3. The number of nitrogens with two attached hydrogens (primary N) is 1. The van der Waals surface area contributed by atoms with E-state index in [2.05, 4.69) is 30.6 Å². The van der Waals surface area contributed by atoms with Crippen molar-refractivity contribution in [3.8, 4) is 0 Å². The lowest BCUT2D eigenvalue weighted by Crippen LogP contribution is -2.63. The molecule has 1 amide bonds. The number of amides is 1. The summed E-state index contributed by atoms with van der Waals surface area (Å²) in [6, 6.07) is 4.86. The average molecular weight is 828 g/mol. The zero-order valence-corrected chi connectivity index (χ0v) is 31.3. The number of carbonyl (C=O) groups is 4. The summed E-state index contributed by atoms with van der Waals surface area (Å²) in [5.41, 5.74) is 6.47. The maximum absolute atomic E-state index is 12.3. The molecule has 0 spiro atoms. The Morgan fingerprint density at radius 2 is 1.45 bits per heavy atom. The Labute approximate surface area is 326 Å². The SMILES string of the molecule is Nc1nc2ncc(CNc3ccc(C(=O)N[C@@H](CCC(=O)O)C(=O)O)cc3)nc2c(=O)[nH]1.O=C(O)CCCC[C@@H]1CCSS1.OC1C(O)C(O)C(O)C(O)C1O. The standard InChI is InChI=1S/C19H19N7O6.C8H14O2S2.C6H12O6/c20-19-25-15-14(17(30)26-19)23-11(8-22-15)7-21-10-3-1-9(2-4-10)16(29)24-12(18(31)32)5-6-13(27)28;9-8(10)4-2-1-3-7-5-6-11-12-7;7-1-2(8)4(10)6(12)5(11)3(1)9/h1-4,8,12,21H,5-7H2,(H,24,29)(H,27,28)(H,31,32)(H3,20,22,25,26,30);7H,1-6H2,(H,9,10);1-12H/t12-;7-;/m01./s1. The number of fused-ring (bicyclic) bond motifs is 1. The summed E-state index contributed by atoms with van der Waals surface area (Å²) in [6.07, 6.45) is -4.24. The number of carboxylic acid groups (broad SMARTS) is 3. The number of aromatic nitrogens is 4. The van der Waals surface area contributed by atoms with Gasteiger partial charge >= 0.3 is 17.9 Å². The summed E-state index contributed by atoms with van der Waals surface area (Å²) in [4.78, 5) is 70.7. The van der Waals surface area contributed by atoms with Crippen molar-refractivity contribution in [2.45, 2.75) is 99.4 Å². The number of carboxylic acids is 3. The third kappa shape index (κ3) is 14.1. The van der Waals surface area contributed by atoms with Crippen LogP contribution in [0.3, 0.4) is 0 Å². The molecule has 2 fully saturated rings. The largest absolute Gasteiger partial charge is 0.481 e. The van der Waals surface area contributed by atoms with Crippen molar-refractivity contribution in [1.82, 2.24) is 25.3 Å². The molecule has 2 atom stereocenters. The van der Waals surface area contributed by atoms with Gasteiger partial charge in [0.05, 0.1) is 18.4 Å². The number of anilines is 2. The summed E-state index contributed by atoms with van der Waals surface area (Å²) in [5.74, 6) is -2.55. The molecule has 0 radical (unpaired) electrons. The third-order valence-corrected chi connectivity index (χ3v) is 11.4. The van der Waals surface area contributed by atoms with Crippen molar-refractivity contribution in [3.05, 3.63) is 52.1 Å². The molecule has 21 nitrogen and oxygen atoms in total. The van der Waals surface area contributed by atoms with E-state index >= 15 is 0 Å². The summed E-state index contributed by atoms with van der Waals surface area (Å²) in [7, 11) is 3.92. The number of rotatable bonds is 14. The second-order valence-corrected chi connectivity index (χ2v) is 15.4. The van der Waals surface area contributed by atoms with Crippen LogP contribution in [0.5, 0.6) is 0 Å². The van der Waals surface area contributed by atoms with Crippen molar-refractivity contribution in [2.75, 3.05) is 16.8 Å². The molecule has 2 aromatic heterocycles. The van der Waals surface area contributed by atoms with Gasteiger partial charge in [-0.1, -0.05) is 28.0 Å². The van der Waals surface area contributed by atoms with E-state index in [0.29, 0.717) is 17.8 Å². The van der Waals surface area contributed by atoms with Gasteiger partial charge in [0.25, 0.3) is 11.5 Å². The Balaban J connectivity index is 0.000000285. The van der Waals surface area contributed by atoms with Gasteiger partial charge in [-0.05, 0) is 49.9 Å². The average Bonchev–Trinajstić information content (AvgIpc) is 3.69. The van der Waals surface area contributed by atoms with Crippen LogP contribution in [0.1, 0.15) is 61.0 Å². The molecule has 23 heteroatoms. The van der Waals surface area contributed by atoms with Gasteiger partial charge in [0.1, 0.15) is 42.7 Å². The normalized spacial score (nSPS) is 23.4. The zero-order chi connectivity index (χ0) is 41.5. The molecular formula is C33H45N7O14S2. The van der Waals surface area contributed by atoms with E-state index in [-0.39, 0.29) is 42.1 Å². The van der Waals surface area contributed by atoms with Gasteiger partial charge in [-0.3, -0.25) is 24.2 Å². The number of nitrogen functional groups attached to an aromatic ring is 1. The van der Waals surface area contributed by atoms with Crippen molar-refractivity contribution < 1.29 is 65.1 Å². The minimum atomic E-state index is -1.64. The van der Waals surface area contributed by atoms with Crippen molar-refractivity contribution in [1.29, 1.82) is 0 Å². The van der Waals surface area contributed by atoms with Gasteiger partial charge in [-0.15, -0.1) is 0 Å². The van der Waals surface area contributed by atoms with E-state index in [4.69, 9.17) is 51.7 Å². The Morgan fingerprint density at radius 1 is 0.857 bits per heavy atom. The van der Waals surface area contributed by atoms with Crippen LogP contribution in [0.15, 0.2) is 35.3 Å². The molecule has 56 heavy (non-hydrogen) atoms. The smallest absolute Gasteiger partial charge is 0.326 e. The fourth-order valence-electron chi connectivity index (χ4n) is 5.18. The monoisotopic (exact) mass is 827 g/mol. The molecule has 5 rings (SSSR count). The second kappa shape index (κ2) is 22.2. The lowest BCUT2D eigenvalue weighted by molar-refractivity contribution is -0.223. The quantitative estimate of drug-likeness (QED) is 0.0678. The Bertz CT molecular complexity index is 1770. The third-order valence-electron chi connectivity index (χ3n) is 8.35. The molecule has 1 aromatic carbocycles. The lowest BCUT2D eigenvalue weighted by atomic mass is 9.85. The van der Waals surface area contributed by atoms with Crippen LogP contribution in [0.25, 0.3) is 11.2 Å². The number of H-pyrrole nitrogens is 1. The van der Waals surface area contributed by atoms with E-state index in [0.717, 1.165) is 18.1 Å². The number of benzene rings is 1. The van der Waals surface area contributed by atoms with Gasteiger partial charge in [-0.25, -0.2) is 14.8 Å². The number of aliphatic carboxylic acids is 3. The first-order chi connectivity index (χ1) is 26.5. The molecule has 1 saturated carbocycles. The van der Waals surface area contributed by atoms with Crippen molar-refractivity contribution in [3.63, 3.8) is 0 Å². The van der Waals surface area contributed by atoms with Crippen LogP contribution in [-0.4, -0.2) is 143 Å². The van der Waals surface area contributed by atoms with Crippen LogP contribution in [0.4, 0.5) is 11.6 Å². The molecule has 308 valence electrons. The van der Waals surface area contributed by atoms with Crippen LogP contribution in [0, 0.1) is 0 Å². The fourth-order valence-corrected chi connectivity index (χ4v) is 8.21. The highest BCUT2D eigenvalue weighted by molar-refractivity contribution is 8.77. The van der Waals surface area contributed by atoms with Gasteiger partial charge < -0.3 is 62.3 Å². The number of aliphatic hydroxyl groups is 6. The van der Waals surface area contributed by atoms with E-state index in [9.17, 15) is 24.0 Å². The molecule has 3 heterocycles. The number of aromatic amines is 1. The van der Waals surface area contributed by atoms with Crippen LogP contribution in [0.2, 0.25) is 0 Å². The molecule has 14 N–H and O–H groups in total. The van der Waals surface area contributed by atoms with Crippen molar-refractivity contribution in [2.24, 2.45) is 0 Å². The summed E-state index contributed by atoms with van der Waals surface area (Å²) >= 11 is 0. The second-order valence-electron chi connectivity index (χ2n) is 12.6. The molecule has 0 bridgehead atoms. The molecule has 0 unspecified atom stereocenters. The van der Waals surface area contributed by atoms with Crippen LogP contribution >= 0.6 is 21.6 Å². The summed E-state index contributed by atoms with van der Waals surface area (Å²) in [6.45, 7) is 0.231. The number of hydrogen-bond donors (Lipinski definition) is 13. The number of hydrogen-bond acceptors (Lipinski definition) is 18. The van der Waals surface area contributed by atoms with Crippen LogP contribution < -0.4 is 21.9 Å². The predicted molar refractivity (Wildman–Crippen MR) is 202 cm³/mol. The number of carbonyl (C=O) groups excluding carboxylic acids is 1. The highest BCUT2D eigenvalue weighted by Crippen LogP contribution is 2.39. The predicted octanol–water partition coefficient (Wildman–Crippen LogP) is -1.09. The van der Waals surface area contributed by atoms with Gasteiger partial charge in [0.2, 0.25) is 5.95 Å². The highest BCUT2D eigenvalue weighted by atomic mass is 33.1. The first kappa shape index (κ1) is 45.8. The van der Waals surface area contributed by atoms with E-state index in [1.54, 1.807) is 12.1 Å². The van der Waals surface area contributed by atoms with E-state index in [1.807, 2.05) is 21.6 Å². The molecule has 1 aliphatic heterocycles. The maximum atomic E-state index is 12.3. The number of unbranched alkanes of at least 4 members (excludes halogenated alkanes) is 1. The first-order valence-corrected chi connectivity index (χ1v) is 19.6. The van der Waals surface area contributed by atoms with Crippen molar-refractivity contribution >= 4 is 68.2 Å². The highest BCUT2D eigenvalue weighted by Gasteiger charge is 2.47. The molecular weight excluding hydrogens is 783 g/mol. The Morgan fingerprint density at radius 3 is 1.96 bits per heavy atom. The Hall–Kier alpha value is -4.62. The van der Waals surface area contributed by atoms with Gasteiger partial charge in [-0.2, -0.15) is 4.98 Å². The Kier molecular flexibility index (Phi) is 18.1. The van der Waals surface area contributed by atoms with Gasteiger partial charge in [0.15, 0.2) is 11.2 Å². The maximum Gasteiger partial charge on any atom is 0.326 e. The number of aliphatic hydroxyl groups excluding tert-OH is 6. The van der Waals surface area contributed by atoms with Crippen LogP contribution in [-0.2, 0) is 20.9 Å². The minimum absolute atomic E-state index is 0.0524. The topological polar surface area (TPSA) is 372 Å². The van der Waals surface area contributed by atoms with E-state index in [1.165, 1.54) is 36.9 Å². The molecule has 2 aliphatic rings. The first-order valence-electron chi connectivity index (χ1n) is 17.2. The number of nitrogens with one attached hydrogen (secondary N) is 3. The zero-order valence-electron chi connectivity index (χ0n) is 29.7. The van der Waals surface area contributed by atoms with Gasteiger partial charge in [0, 0.05) is 35.1 Å². The minimum Gasteiger partial charge on any atom is -0.481 e.